The summed E-state index contributed by atoms with van der Waals surface area (Å²) >= 11 is 3.57. The van der Waals surface area contributed by atoms with Crippen molar-refractivity contribution in [2.24, 2.45) is 0 Å². The van der Waals surface area contributed by atoms with Gasteiger partial charge in [0.05, 0.1) is 4.47 Å². The fourth-order valence-corrected chi connectivity index (χ4v) is 2.62. The van der Waals surface area contributed by atoms with Gasteiger partial charge in [0.15, 0.2) is 0 Å². The normalized spacial score (nSPS) is 10.4. The maximum atomic E-state index is 4.47. The zero-order valence-electron chi connectivity index (χ0n) is 10.9. The lowest BCUT2D eigenvalue weighted by Gasteiger charge is -2.19. The molecule has 0 radical (unpaired) electrons. The van der Waals surface area contributed by atoms with Crippen LogP contribution in [0, 0.1) is 13.8 Å². The number of benzene rings is 1. The van der Waals surface area contributed by atoms with Crippen molar-refractivity contribution in [3.8, 4) is 0 Å². The Labute approximate surface area is 117 Å². The minimum Gasteiger partial charge on any atom is -0.354 e. The average Bonchev–Trinajstić information content (AvgIpc) is 2.32. The highest BCUT2D eigenvalue weighted by Crippen LogP contribution is 2.24. The van der Waals surface area contributed by atoms with Gasteiger partial charge in [0, 0.05) is 19.8 Å². The van der Waals surface area contributed by atoms with E-state index in [2.05, 4.69) is 70.1 Å². The number of aromatic nitrogens is 1. The fourth-order valence-electron chi connectivity index (χ4n) is 1.85. The van der Waals surface area contributed by atoms with Crippen molar-refractivity contribution in [2.45, 2.75) is 20.4 Å². The molecule has 0 saturated carbocycles. The van der Waals surface area contributed by atoms with Crippen LogP contribution in [0.4, 0.5) is 5.82 Å². The largest absolute Gasteiger partial charge is 0.354 e. The van der Waals surface area contributed by atoms with Gasteiger partial charge in [-0.15, -0.1) is 0 Å². The number of nitrogens with zero attached hydrogens (tertiary/aromatic N) is 2. The van der Waals surface area contributed by atoms with Crippen LogP contribution >= 0.6 is 15.9 Å². The number of pyridine rings is 1. The maximum Gasteiger partial charge on any atom is 0.142 e. The first-order valence-corrected chi connectivity index (χ1v) is 6.74. The summed E-state index contributed by atoms with van der Waals surface area (Å²) in [6.07, 6.45) is 1.89. The summed E-state index contributed by atoms with van der Waals surface area (Å²) in [6.45, 7) is 5.00. The molecule has 2 nitrogen and oxygen atoms in total. The molecule has 1 heterocycles. The molecule has 2 rings (SSSR count). The first kappa shape index (κ1) is 13.1. The first-order valence-electron chi connectivity index (χ1n) is 5.95. The van der Waals surface area contributed by atoms with Crippen molar-refractivity contribution in [3.05, 3.63) is 57.7 Å². The summed E-state index contributed by atoms with van der Waals surface area (Å²) < 4.78 is 1.04. The Bertz CT molecular complexity index is 535. The third-order valence-corrected chi connectivity index (χ3v) is 3.44. The van der Waals surface area contributed by atoms with E-state index in [4.69, 9.17) is 0 Å². The summed E-state index contributed by atoms with van der Waals surface area (Å²) in [6, 6.07) is 10.7. The molecule has 1 aromatic heterocycles. The molecule has 0 amide bonds. The summed E-state index contributed by atoms with van der Waals surface area (Å²) in [4.78, 5) is 6.62. The third kappa shape index (κ3) is 3.10. The predicted octanol–water partition coefficient (Wildman–Crippen LogP) is 4.10. The van der Waals surface area contributed by atoms with Crippen molar-refractivity contribution >= 4 is 21.7 Å². The Balaban J connectivity index is 2.16. The zero-order chi connectivity index (χ0) is 13.1. The number of halogens is 1. The highest BCUT2D eigenvalue weighted by atomic mass is 79.9. The van der Waals surface area contributed by atoms with Crippen LogP contribution in [0.25, 0.3) is 0 Å². The number of hydrogen-bond acceptors (Lipinski definition) is 2. The molecule has 0 saturated heterocycles. The summed E-state index contributed by atoms with van der Waals surface area (Å²) in [7, 11) is 2.06. The van der Waals surface area contributed by atoms with Crippen LogP contribution in [0.3, 0.4) is 0 Å². The highest BCUT2D eigenvalue weighted by molar-refractivity contribution is 9.10. The Morgan fingerprint density at radius 1 is 1.11 bits per heavy atom. The van der Waals surface area contributed by atoms with E-state index < -0.39 is 0 Å². The van der Waals surface area contributed by atoms with Crippen molar-refractivity contribution in [3.63, 3.8) is 0 Å². The van der Waals surface area contributed by atoms with E-state index in [9.17, 15) is 0 Å². The summed E-state index contributed by atoms with van der Waals surface area (Å²) in [5.74, 6) is 0.973. The number of hydrogen-bond donors (Lipinski definition) is 0. The van der Waals surface area contributed by atoms with Gasteiger partial charge in [0.2, 0.25) is 0 Å². The monoisotopic (exact) mass is 304 g/mol. The molecule has 1 aromatic carbocycles. The fraction of sp³-hybridized carbons (Fsp3) is 0.267. The van der Waals surface area contributed by atoms with Crippen molar-refractivity contribution < 1.29 is 0 Å². The molecule has 3 heteroatoms. The van der Waals surface area contributed by atoms with Gasteiger partial charge in [-0.3, -0.25) is 0 Å². The Kier molecular flexibility index (Phi) is 4.02. The molecular weight excluding hydrogens is 288 g/mol. The van der Waals surface area contributed by atoms with Gasteiger partial charge in [-0.1, -0.05) is 29.8 Å². The smallest absolute Gasteiger partial charge is 0.142 e. The highest BCUT2D eigenvalue weighted by Gasteiger charge is 2.08. The molecule has 18 heavy (non-hydrogen) atoms. The van der Waals surface area contributed by atoms with Gasteiger partial charge in [-0.05, 0) is 47.0 Å². The molecule has 0 spiro atoms. The van der Waals surface area contributed by atoms with Gasteiger partial charge in [0.25, 0.3) is 0 Å². The Morgan fingerprint density at radius 3 is 2.39 bits per heavy atom. The summed E-state index contributed by atoms with van der Waals surface area (Å²) in [5, 5.41) is 0. The Hall–Kier alpha value is -1.35. The molecule has 0 unspecified atom stereocenters. The topological polar surface area (TPSA) is 16.1 Å². The number of aryl methyl sites for hydroxylation is 2. The van der Waals surface area contributed by atoms with Gasteiger partial charge >= 0.3 is 0 Å². The minimum atomic E-state index is 0.856. The van der Waals surface area contributed by atoms with Crippen molar-refractivity contribution in [1.29, 1.82) is 0 Å². The molecule has 0 N–H and O–H groups in total. The lowest BCUT2D eigenvalue weighted by Crippen LogP contribution is -2.18. The van der Waals surface area contributed by atoms with Crippen LogP contribution in [0.15, 0.2) is 41.0 Å². The second-order valence-electron chi connectivity index (χ2n) is 4.66. The van der Waals surface area contributed by atoms with E-state index in [1.807, 2.05) is 13.1 Å². The van der Waals surface area contributed by atoms with Crippen molar-refractivity contribution in [1.82, 2.24) is 4.98 Å². The lowest BCUT2D eigenvalue weighted by atomic mass is 10.1. The molecule has 2 aromatic rings. The van der Waals surface area contributed by atoms with Crippen LogP contribution in [0.2, 0.25) is 0 Å². The van der Waals surface area contributed by atoms with E-state index >= 15 is 0 Å². The predicted molar refractivity (Wildman–Crippen MR) is 80.0 cm³/mol. The van der Waals surface area contributed by atoms with Gasteiger partial charge in [0.1, 0.15) is 5.82 Å². The molecule has 94 valence electrons. The van der Waals surface area contributed by atoms with E-state index in [1.54, 1.807) is 0 Å². The molecule has 0 bridgehead atoms. The Morgan fingerprint density at radius 2 is 1.78 bits per heavy atom. The lowest BCUT2D eigenvalue weighted by molar-refractivity contribution is 0.892. The van der Waals surface area contributed by atoms with Crippen molar-refractivity contribution in [2.75, 3.05) is 11.9 Å². The van der Waals surface area contributed by atoms with E-state index in [0.29, 0.717) is 0 Å². The molecular formula is C15H17BrN2. The molecule has 0 aliphatic rings. The standard InChI is InChI=1S/C15H17BrN2/c1-11-4-6-13(7-5-11)10-18(3)15-14(16)8-12(2)9-17-15/h4-9H,10H2,1-3H3. The van der Waals surface area contributed by atoms with Crippen LogP contribution in [-0.2, 0) is 6.54 Å². The maximum absolute atomic E-state index is 4.47. The van der Waals surface area contributed by atoms with E-state index in [-0.39, 0.29) is 0 Å². The van der Waals surface area contributed by atoms with Crippen LogP contribution in [0.5, 0.6) is 0 Å². The van der Waals surface area contributed by atoms with E-state index in [1.165, 1.54) is 11.1 Å². The average molecular weight is 305 g/mol. The van der Waals surface area contributed by atoms with Crippen LogP contribution in [0.1, 0.15) is 16.7 Å². The number of rotatable bonds is 3. The number of anilines is 1. The molecule has 0 atom stereocenters. The molecule has 0 fully saturated rings. The molecule has 0 aliphatic carbocycles. The minimum absolute atomic E-state index is 0.856. The molecule has 0 aliphatic heterocycles. The zero-order valence-corrected chi connectivity index (χ0v) is 12.5. The quantitative estimate of drug-likeness (QED) is 0.849. The second kappa shape index (κ2) is 5.53. The van der Waals surface area contributed by atoms with Crippen LogP contribution in [-0.4, -0.2) is 12.0 Å². The van der Waals surface area contributed by atoms with Gasteiger partial charge in [-0.25, -0.2) is 4.98 Å². The van der Waals surface area contributed by atoms with E-state index in [0.717, 1.165) is 22.4 Å². The first-order chi connectivity index (χ1) is 8.56. The van der Waals surface area contributed by atoms with Gasteiger partial charge < -0.3 is 4.90 Å². The van der Waals surface area contributed by atoms with Crippen LogP contribution < -0.4 is 4.90 Å². The second-order valence-corrected chi connectivity index (χ2v) is 5.51. The van der Waals surface area contributed by atoms with Gasteiger partial charge in [-0.2, -0.15) is 0 Å². The third-order valence-electron chi connectivity index (χ3n) is 2.86. The summed E-state index contributed by atoms with van der Waals surface area (Å²) in [5.41, 5.74) is 3.74. The SMILES string of the molecule is Cc1ccc(CN(C)c2ncc(C)cc2Br)cc1.